The van der Waals surface area contributed by atoms with Crippen molar-refractivity contribution in [3.63, 3.8) is 0 Å². The topological polar surface area (TPSA) is 80.0 Å². The van der Waals surface area contributed by atoms with Gasteiger partial charge in [-0.25, -0.2) is 4.99 Å². The second-order valence-corrected chi connectivity index (χ2v) is 7.28. The fraction of sp³-hybridized carbons (Fsp3) is 0.571. The van der Waals surface area contributed by atoms with Gasteiger partial charge in [-0.1, -0.05) is 12.1 Å². The maximum atomic E-state index is 5.53. The monoisotopic (exact) mass is 415 g/mol. The Balaban J connectivity index is 1.66. The summed E-state index contributed by atoms with van der Waals surface area (Å²) in [5.74, 6) is 3.57. The predicted octanol–water partition coefficient (Wildman–Crippen LogP) is 1.44. The zero-order valence-electron chi connectivity index (χ0n) is 18.5. The highest BCUT2D eigenvalue weighted by Gasteiger charge is 2.22. The van der Waals surface area contributed by atoms with Crippen molar-refractivity contribution in [2.75, 3.05) is 58.5 Å². The van der Waals surface area contributed by atoms with E-state index in [9.17, 15) is 0 Å². The van der Waals surface area contributed by atoms with E-state index in [-0.39, 0.29) is 0 Å². The summed E-state index contributed by atoms with van der Waals surface area (Å²) in [5, 5.41) is 11.9. The number of aryl methyl sites for hydroxylation is 1. The Hall–Kier alpha value is -2.81. The zero-order chi connectivity index (χ0) is 21.3. The maximum Gasteiger partial charge on any atom is 0.194 e. The van der Waals surface area contributed by atoms with Crippen molar-refractivity contribution in [3.05, 3.63) is 35.9 Å². The van der Waals surface area contributed by atoms with Crippen LogP contribution in [0.4, 0.5) is 5.69 Å². The van der Waals surface area contributed by atoms with Crippen molar-refractivity contribution in [1.29, 1.82) is 0 Å². The van der Waals surface area contributed by atoms with Gasteiger partial charge < -0.3 is 29.2 Å². The molecule has 1 N–H and O–H groups in total. The van der Waals surface area contributed by atoms with E-state index >= 15 is 0 Å². The molecule has 0 bridgehead atoms. The van der Waals surface area contributed by atoms with Crippen molar-refractivity contribution >= 4 is 11.6 Å². The van der Waals surface area contributed by atoms with Gasteiger partial charge in [0.15, 0.2) is 11.8 Å². The van der Waals surface area contributed by atoms with Crippen molar-refractivity contribution in [2.24, 2.45) is 12.0 Å². The van der Waals surface area contributed by atoms with E-state index in [1.54, 1.807) is 14.2 Å². The number of anilines is 1. The molecule has 0 saturated carbocycles. The van der Waals surface area contributed by atoms with E-state index in [0.29, 0.717) is 6.54 Å². The molecule has 1 aliphatic heterocycles. The molecule has 1 aromatic carbocycles. The molecule has 0 amide bonds. The molecule has 1 aromatic heterocycles. The van der Waals surface area contributed by atoms with Gasteiger partial charge in [-0.2, -0.15) is 0 Å². The SMILES string of the molecule is COCCCNC(=NCc1nnc(C)n1C)N1CCN(c2ccccc2OC)CC1. The van der Waals surface area contributed by atoms with Gasteiger partial charge in [0, 0.05) is 53.5 Å². The van der Waals surface area contributed by atoms with Gasteiger partial charge in [0.1, 0.15) is 18.1 Å². The third kappa shape index (κ3) is 5.41. The lowest BCUT2D eigenvalue weighted by Gasteiger charge is -2.38. The summed E-state index contributed by atoms with van der Waals surface area (Å²) < 4.78 is 12.7. The Morgan fingerprint density at radius 2 is 1.90 bits per heavy atom. The molecule has 0 radical (unpaired) electrons. The molecule has 9 nitrogen and oxygen atoms in total. The Bertz CT molecular complexity index is 829. The molecule has 30 heavy (non-hydrogen) atoms. The second-order valence-electron chi connectivity index (χ2n) is 7.28. The molecule has 2 heterocycles. The molecule has 0 unspecified atom stereocenters. The van der Waals surface area contributed by atoms with Crippen LogP contribution in [0.5, 0.6) is 5.75 Å². The Labute approximate surface area is 178 Å². The minimum Gasteiger partial charge on any atom is -0.495 e. The van der Waals surface area contributed by atoms with Gasteiger partial charge >= 0.3 is 0 Å². The fourth-order valence-corrected chi connectivity index (χ4v) is 3.47. The number of rotatable bonds is 8. The summed E-state index contributed by atoms with van der Waals surface area (Å²) in [5.41, 5.74) is 1.14. The summed E-state index contributed by atoms with van der Waals surface area (Å²) >= 11 is 0. The Kier molecular flexibility index (Phi) is 7.89. The summed E-state index contributed by atoms with van der Waals surface area (Å²) in [6, 6.07) is 8.18. The number of aliphatic imine (C=N–C) groups is 1. The molecule has 1 saturated heterocycles. The number of para-hydroxylation sites is 2. The zero-order valence-corrected chi connectivity index (χ0v) is 18.5. The van der Waals surface area contributed by atoms with E-state index in [1.165, 1.54) is 0 Å². The number of benzene rings is 1. The lowest BCUT2D eigenvalue weighted by molar-refractivity contribution is 0.195. The van der Waals surface area contributed by atoms with Crippen LogP contribution >= 0.6 is 0 Å². The number of guanidine groups is 1. The van der Waals surface area contributed by atoms with Gasteiger partial charge in [0.05, 0.1) is 12.8 Å². The minimum absolute atomic E-state index is 0.497. The van der Waals surface area contributed by atoms with Crippen LogP contribution in [0.2, 0.25) is 0 Å². The van der Waals surface area contributed by atoms with Crippen molar-refractivity contribution in [2.45, 2.75) is 19.9 Å². The molecule has 9 heteroatoms. The van der Waals surface area contributed by atoms with Crippen LogP contribution in [0.25, 0.3) is 0 Å². The van der Waals surface area contributed by atoms with Gasteiger partial charge in [-0.05, 0) is 25.5 Å². The first kappa shape index (κ1) is 21.9. The first-order chi connectivity index (χ1) is 14.6. The lowest BCUT2D eigenvalue weighted by Crippen LogP contribution is -2.52. The predicted molar refractivity (Wildman–Crippen MR) is 118 cm³/mol. The van der Waals surface area contributed by atoms with Gasteiger partial charge in [0.2, 0.25) is 0 Å². The van der Waals surface area contributed by atoms with Gasteiger partial charge in [0.25, 0.3) is 0 Å². The number of methoxy groups -OCH3 is 2. The van der Waals surface area contributed by atoms with Gasteiger partial charge in [-0.15, -0.1) is 10.2 Å². The van der Waals surface area contributed by atoms with Crippen molar-refractivity contribution in [3.8, 4) is 5.75 Å². The summed E-state index contributed by atoms with van der Waals surface area (Å²) in [6.45, 7) is 7.56. The molecule has 164 valence electrons. The third-order valence-electron chi connectivity index (χ3n) is 5.37. The van der Waals surface area contributed by atoms with Crippen LogP contribution in [0.15, 0.2) is 29.3 Å². The summed E-state index contributed by atoms with van der Waals surface area (Å²) in [7, 11) is 5.42. The van der Waals surface area contributed by atoms with Gasteiger partial charge in [-0.3, -0.25) is 0 Å². The largest absolute Gasteiger partial charge is 0.495 e. The van der Waals surface area contributed by atoms with Crippen molar-refractivity contribution < 1.29 is 9.47 Å². The van der Waals surface area contributed by atoms with E-state index in [1.807, 2.05) is 30.7 Å². The Morgan fingerprint density at radius 1 is 1.13 bits per heavy atom. The summed E-state index contributed by atoms with van der Waals surface area (Å²) in [4.78, 5) is 9.52. The van der Waals surface area contributed by atoms with Crippen molar-refractivity contribution in [1.82, 2.24) is 25.0 Å². The normalized spacial score (nSPS) is 14.9. The number of hydrogen-bond donors (Lipinski definition) is 1. The molecule has 1 aliphatic rings. The highest BCUT2D eigenvalue weighted by molar-refractivity contribution is 5.80. The highest BCUT2D eigenvalue weighted by Crippen LogP contribution is 2.28. The average molecular weight is 416 g/mol. The van der Waals surface area contributed by atoms with Crippen LogP contribution in [0, 0.1) is 6.92 Å². The minimum atomic E-state index is 0.497. The second kappa shape index (κ2) is 10.8. The average Bonchev–Trinajstić information content (AvgIpc) is 3.11. The number of piperazine rings is 1. The lowest BCUT2D eigenvalue weighted by atomic mass is 10.2. The highest BCUT2D eigenvalue weighted by atomic mass is 16.5. The number of nitrogens with zero attached hydrogens (tertiary/aromatic N) is 6. The molecule has 0 atom stereocenters. The number of aromatic nitrogens is 3. The first-order valence-electron chi connectivity index (χ1n) is 10.4. The third-order valence-corrected chi connectivity index (χ3v) is 5.37. The smallest absolute Gasteiger partial charge is 0.194 e. The van der Waals surface area contributed by atoms with E-state index < -0.39 is 0 Å². The molecule has 2 aromatic rings. The molecule has 3 rings (SSSR count). The summed E-state index contributed by atoms with van der Waals surface area (Å²) in [6.07, 6.45) is 0.930. The molecule has 0 aliphatic carbocycles. The quantitative estimate of drug-likeness (QED) is 0.397. The van der Waals surface area contributed by atoms with E-state index in [4.69, 9.17) is 14.5 Å². The molecule has 0 spiro atoms. The van der Waals surface area contributed by atoms with Crippen LogP contribution < -0.4 is 15.0 Å². The van der Waals surface area contributed by atoms with Crippen LogP contribution in [-0.4, -0.2) is 79.2 Å². The maximum absolute atomic E-state index is 5.53. The van der Waals surface area contributed by atoms with E-state index in [0.717, 1.165) is 74.8 Å². The number of nitrogens with one attached hydrogen (secondary N) is 1. The van der Waals surface area contributed by atoms with Crippen LogP contribution in [0.3, 0.4) is 0 Å². The molecular formula is C21H33N7O2. The first-order valence-corrected chi connectivity index (χ1v) is 10.4. The number of ether oxygens (including phenoxy) is 2. The molecular weight excluding hydrogens is 382 g/mol. The Morgan fingerprint density at radius 3 is 2.57 bits per heavy atom. The molecule has 1 fully saturated rings. The number of hydrogen-bond acceptors (Lipinski definition) is 6. The van der Waals surface area contributed by atoms with Crippen LogP contribution in [-0.2, 0) is 18.3 Å². The fourth-order valence-electron chi connectivity index (χ4n) is 3.47. The van der Waals surface area contributed by atoms with E-state index in [2.05, 4.69) is 37.4 Å². The standard InChI is InChI=1S/C21H33N7O2/c1-17-24-25-20(26(17)2)16-23-21(22-10-7-15-29-3)28-13-11-27(12-14-28)18-8-5-6-9-19(18)30-4/h5-6,8-9H,7,10-16H2,1-4H3,(H,22,23). The van der Waals surface area contributed by atoms with Crippen LogP contribution in [0.1, 0.15) is 18.1 Å².